The molecule has 4 rings (SSSR count). The van der Waals surface area contributed by atoms with Crippen molar-refractivity contribution in [1.29, 1.82) is 0 Å². The first-order chi connectivity index (χ1) is 16.7. The zero-order valence-corrected chi connectivity index (χ0v) is 22.4. The monoisotopic (exact) mass is 621 g/mol. The zero-order chi connectivity index (χ0) is 26.6. The number of aromatic nitrogens is 2. The van der Waals surface area contributed by atoms with E-state index in [1.807, 2.05) is 29.5 Å². The predicted molar refractivity (Wildman–Crippen MR) is 134 cm³/mol. The molecule has 0 unspecified atom stereocenters. The van der Waals surface area contributed by atoms with Crippen LogP contribution in [-0.2, 0) is 43.8 Å². The first kappa shape index (κ1) is 27.0. The maximum absolute atomic E-state index is 13.4. The van der Waals surface area contributed by atoms with Crippen LogP contribution in [0.5, 0.6) is 0 Å². The normalized spacial score (nSPS) is 16.0. The highest BCUT2D eigenvalue weighted by Gasteiger charge is 2.43. The Morgan fingerprint density at radius 1 is 0.917 bits per heavy atom. The molecule has 3 nitrogen and oxygen atoms in total. The molecule has 1 aliphatic heterocycles. The smallest absolute Gasteiger partial charge is 0.284 e. The van der Waals surface area contributed by atoms with Crippen LogP contribution in [-0.4, -0.2) is 14.7 Å². The lowest BCUT2D eigenvalue weighted by Gasteiger charge is -2.32. The number of halogens is 7. The lowest BCUT2D eigenvalue weighted by molar-refractivity contribution is -0.143. The van der Waals surface area contributed by atoms with E-state index in [1.54, 1.807) is 0 Å². The van der Waals surface area contributed by atoms with E-state index >= 15 is 0 Å². The van der Waals surface area contributed by atoms with Crippen molar-refractivity contribution >= 4 is 22.6 Å². The van der Waals surface area contributed by atoms with Crippen molar-refractivity contribution in [2.45, 2.75) is 71.5 Å². The number of benzene rings is 2. The summed E-state index contributed by atoms with van der Waals surface area (Å²) >= 11 is 2.24. The Bertz CT molecular complexity index is 1240. The van der Waals surface area contributed by atoms with Gasteiger partial charge < -0.3 is 0 Å². The van der Waals surface area contributed by atoms with Gasteiger partial charge in [-0.2, -0.15) is 31.4 Å². The Labute approximate surface area is 219 Å². The van der Waals surface area contributed by atoms with Crippen molar-refractivity contribution in [1.82, 2.24) is 14.7 Å². The van der Waals surface area contributed by atoms with Crippen LogP contribution in [0.3, 0.4) is 0 Å². The van der Waals surface area contributed by atoms with Gasteiger partial charge in [-0.1, -0.05) is 32.0 Å². The first-order valence-electron chi connectivity index (χ1n) is 11.6. The molecule has 2 heterocycles. The maximum Gasteiger partial charge on any atom is 0.416 e. The Balaban J connectivity index is 1.73. The number of hydrogen-bond acceptors (Lipinski definition) is 2. The van der Waals surface area contributed by atoms with Crippen molar-refractivity contribution < 1.29 is 26.3 Å². The highest BCUT2D eigenvalue weighted by Crippen LogP contribution is 2.43. The SMILES string of the molecule is CCc1cccc(CC)c1-n1nc2c(c1I)CN(Cc1cc(C(F)(F)F)cc(C(F)(F)F)c1)C2(C)C. The molecule has 0 bridgehead atoms. The molecule has 0 saturated heterocycles. The molecule has 0 radical (unpaired) electrons. The molecule has 36 heavy (non-hydrogen) atoms. The summed E-state index contributed by atoms with van der Waals surface area (Å²) in [6, 6.07) is 7.94. The molecule has 1 aromatic heterocycles. The number of aryl methyl sites for hydroxylation is 2. The predicted octanol–water partition coefficient (Wildman–Crippen LogP) is 7.89. The summed E-state index contributed by atoms with van der Waals surface area (Å²) in [7, 11) is 0. The van der Waals surface area contributed by atoms with Crippen LogP contribution < -0.4 is 0 Å². The van der Waals surface area contributed by atoms with Gasteiger partial charge in [0, 0.05) is 18.7 Å². The third kappa shape index (κ3) is 4.78. The van der Waals surface area contributed by atoms with E-state index in [9.17, 15) is 26.3 Å². The summed E-state index contributed by atoms with van der Waals surface area (Å²) in [5.74, 6) is 0. The lowest BCUT2D eigenvalue weighted by Crippen LogP contribution is -2.36. The Morgan fingerprint density at radius 3 is 1.89 bits per heavy atom. The summed E-state index contributed by atoms with van der Waals surface area (Å²) in [4.78, 5) is 1.87. The van der Waals surface area contributed by atoms with Crippen molar-refractivity contribution in [3.8, 4) is 5.69 Å². The van der Waals surface area contributed by atoms with Gasteiger partial charge in [0.1, 0.15) is 3.70 Å². The zero-order valence-electron chi connectivity index (χ0n) is 20.3. The summed E-state index contributed by atoms with van der Waals surface area (Å²) in [6.45, 7) is 8.26. The van der Waals surface area contributed by atoms with Crippen LogP contribution >= 0.6 is 22.6 Å². The summed E-state index contributed by atoms with van der Waals surface area (Å²) in [5, 5.41) is 4.94. The summed E-state index contributed by atoms with van der Waals surface area (Å²) in [6.07, 6.45) is -8.09. The number of alkyl halides is 6. The second-order valence-corrected chi connectivity index (χ2v) is 10.5. The number of para-hydroxylation sites is 1. The summed E-state index contributed by atoms with van der Waals surface area (Å²) < 4.78 is 83.0. The van der Waals surface area contributed by atoms with Gasteiger partial charge in [-0.05, 0) is 84.2 Å². The van der Waals surface area contributed by atoms with Gasteiger partial charge in [0.05, 0.1) is 28.0 Å². The molecule has 2 aromatic carbocycles. The third-order valence-electron chi connectivity index (χ3n) is 6.84. The fraction of sp³-hybridized carbons (Fsp3) is 0.423. The topological polar surface area (TPSA) is 21.1 Å². The molecule has 0 aliphatic carbocycles. The van der Waals surface area contributed by atoms with Crippen molar-refractivity contribution in [2.24, 2.45) is 0 Å². The number of nitrogens with zero attached hydrogens (tertiary/aromatic N) is 3. The van der Waals surface area contributed by atoms with E-state index in [0.717, 1.165) is 56.7 Å². The molecule has 1 aliphatic rings. The van der Waals surface area contributed by atoms with Gasteiger partial charge in [-0.15, -0.1) is 0 Å². The van der Waals surface area contributed by atoms with Crippen LogP contribution in [0.25, 0.3) is 5.69 Å². The highest BCUT2D eigenvalue weighted by molar-refractivity contribution is 14.1. The maximum atomic E-state index is 13.4. The fourth-order valence-corrected chi connectivity index (χ4v) is 5.59. The van der Waals surface area contributed by atoms with Gasteiger partial charge >= 0.3 is 12.4 Å². The molecule has 0 atom stereocenters. The van der Waals surface area contributed by atoms with E-state index in [2.05, 4.69) is 48.6 Å². The van der Waals surface area contributed by atoms with Crippen LogP contribution in [0.4, 0.5) is 26.3 Å². The van der Waals surface area contributed by atoms with Gasteiger partial charge in [-0.25, -0.2) is 4.68 Å². The minimum atomic E-state index is -4.88. The molecule has 10 heteroatoms. The molecule has 0 saturated carbocycles. The molecule has 0 amide bonds. The van der Waals surface area contributed by atoms with E-state index in [-0.39, 0.29) is 18.2 Å². The van der Waals surface area contributed by atoms with Crippen molar-refractivity contribution in [2.75, 3.05) is 0 Å². The average molecular weight is 621 g/mol. The van der Waals surface area contributed by atoms with Crippen LogP contribution in [0.2, 0.25) is 0 Å². The van der Waals surface area contributed by atoms with E-state index in [1.165, 1.54) is 0 Å². The van der Waals surface area contributed by atoms with E-state index in [0.29, 0.717) is 6.54 Å². The Morgan fingerprint density at radius 2 is 1.44 bits per heavy atom. The van der Waals surface area contributed by atoms with E-state index in [4.69, 9.17) is 5.10 Å². The van der Waals surface area contributed by atoms with Gasteiger partial charge in [-0.3, -0.25) is 4.90 Å². The molecule has 194 valence electrons. The quantitative estimate of drug-likeness (QED) is 0.214. The van der Waals surface area contributed by atoms with Gasteiger partial charge in [0.15, 0.2) is 0 Å². The van der Waals surface area contributed by atoms with Gasteiger partial charge in [0.25, 0.3) is 0 Å². The standard InChI is InChI=1S/C26H26F6IN3/c1-5-16-8-7-9-17(6-2)21(16)36-23(33)20-14-35(24(3,4)22(20)34-36)13-15-10-18(25(27,28)29)12-19(11-15)26(30,31)32/h7-12H,5-6,13-14H2,1-4H3. The fourth-order valence-electron chi connectivity index (χ4n) is 4.82. The Hall–Kier alpha value is -2.08. The number of rotatable bonds is 5. The van der Waals surface area contributed by atoms with Crippen molar-refractivity contribution in [3.05, 3.63) is 79.2 Å². The van der Waals surface area contributed by atoms with Gasteiger partial charge in [0.2, 0.25) is 0 Å². The second kappa shape index (κ2) is 9.34. The molecular formula is C26H26F6IN3. The molecule has 0 fully saturated rings. The van der Waals surface area contributed by atoms with Crippen molar-refractivity contribution in [3.63, 3.8) is 0 Å². The lowest BCUT2D eigenvalue weighted by atomic mass is 9.99. The van der Waals surface area contributed by atoms with Crippen LogP contribution in [0, 0.1) is 3.70 Å². The second-order valence-electron chi connectivity index (χ2n) is 9.49. The third-order valence-corrected chi connectivity index (χ3v) is 7.95. The average Bonchev–Trinajstić information content (AvgIpc) is 3.25. The summed E-state index contributed by atoms with van der Waals surface area (Å²) in [5.41, 5.74) is 1.74. The minimum Gasteiger partial charge on any atom is -0.284 e. The molecule has 0 spiro atoms. The number of fused-ring (bicyclic) bond motifs is 1. The first-order valence-corrected chi connectivity index (χ1v) is 12.7. The Kier molecular flexibility index (Phi) is 7.00. The molecule has 0 N–H and O–H groups in total. The number of hydrogen-bond donors (Lipinski definition) is 0. The highest BCUT2D eigenvalue weighted by atomic mass is 127. The molecular weight excluding hydrogens is 595 g/mol. The molecule has 3 aromatic rings. The minimum absolute atomic E-state index is 0.0390. The largest absolute Gasteiger partial charge is 0.416 e. The van der Waals surface area contributed by atoms with Crippen LogP contribution in [0.15, 0.2) is 36.4 Å². The van der Waals surface area contributed by atoms with Crippen LogP contribution in [0.1, 0.15) is 66.8 Å². The van der Waals surface area contributed by atoms with E-state index < -0.39 is 29.0 Å².